The van der Waals surface area contributed by atoms with Crippen LogP contribution in [0.1, 0.15) is 58.7 Å². The average molecular weight is 350 g/mol. The third kappa shape index (κ3) is 4.39. The topological polar surface area (TPSA) is 77.1 Å². The van der Waals surface area contributed by atoms with Crippen LogP contribution in [0.4, 0.5) is 0 Å². The van der Waals surface area contributed by atoms with Crippen molar-refractivity contribution in [3.63, 3.8) is 0 Å². The zero-order valence-corrected chi connectivity index (χ0v) is 16.0. The molecule has 1 atom stereocenters. The SMILES string of the molecule is CCCCCn1c(C[NH+](CC)CCCC)nc2c1c(=O)[nH]c(=O)n2C. The van der Waals surface area contributed by atoms with E-state index in [1.807, 2.05) is 4.57 Å². The minimum absolute atomic E-state index is 0.333. The smallest absolute Gasteiger partial charge is 0.329 e. The van der Waals surface area contributed by atoms with Crippen molar-refractivity contribution in [3.8, 4) is 0 Å². The maximum Gasteiger partial charge on any atom is 0.329 e. The van der Waals surface area contributed by atoms with E-state index in [0.717, 1.165) is 51.3 Å². The van der Waals surface area contributed by atoms with E-state index in [2.05, 4.69) is 25.8 Å². The molecule has 0 aromatic carbocycles. The summed E-state index contributed by atoms with van der Waals surface area (Å²) in [5.41, 5.74) is 0.276. The predicted molar refractivity (Wildman–Crippen MR) is 100 cm³/mol. The molecule has 0 saturated carbocycles. The molecule has 140 valence electrons. The number of H-pyrrole nitrogens is 1. The standard InChI is InChI=1S/C18H31N5O2/c1-5-8-10-12-23-14(13-22(7-3)11-9-6-2)19-16-15(23)17(24)20-18(25)21(16)4/h5-13H2,1-4H3,(H,20,24,25)/p+1. The van der Waals surface area contributed by atoms with E-state index >= 15 is 0 Å². The van der Waals surface area contributed by atoms with Gasteiger partial charge in [0.2, 0.25) is 0 Å². The average Bonchev–Trinajstić information content (AvgIpc) is 2.95. The number of hydrogen-bond acceptors (Lipinski definition) is 3. The highest BCUT2D eigenvalue weighted by Crippen LogP contribution is 2.12. The van der Waals surface area contributed by atoms with Crippen molar-refractivity contribution in [1.82, 2.24) is 19.1 Å². The van der Waals surface area contributed by atoms with Crippen molar-refractivity contribution in [2.75, 3.05) is 13.1 Å². The number of unbranched alkanes of at least 4 members (excludes halogenated alkanes) is 3. The number of rotatable bonds is 10. The number of nitrogens with zero attached hydrogens (tertiary/aromatic N) is 3. The summed E-state index contributed by atoms with van der Waals surface area (Å²) in [5, 5.41) is 0. The largest absolute Gasteiger partial charge is 0.329 e. The number of fused-ring (bicyclic) bond motifs is 1. The molecular weight excluding hydrogens is 318 g/mol. The third-order valence-corrected chi connectivity index (χ3v) is 4.86. The molecule has 0 radical (unpaired) electrons. The summed E-state index contributed by atoms with van der Waals surface area (Å²) in [6.45, 7) is 10.2. The molecule has 0 bridgehead atoms. The lowest BCUT2D eigenvalue weighted by molar-refractivity contribution is -0.913. The van der Waals surface area contributed by atoms with Crippen molar-refractivity contribution < 1.29 is 4.90 Å². The quantitative estimate of drug-likeness (QED) is 0.623. The summed E-state index contributed by atoms with van der Waals surface area (Å²) in [6.07, 6.45) is 5.60. The Hall–Kier alpha value is -1.89. The second-order valence-corrected chi connectivity index (χ2v) is 6.76. The van der Waals surface area contributed by atoms with E-state index in [-0.39, 0.29) is 5.56 Å². The molecule has 2 rings (SSSR count). The summed E-state index contributed by atoms with van der Waals surface area (Å²) >= 11 is 0. The van der Waals surface area contributed by atoms with Gasteiger partial charge in [0.25, 0.3) is 5.56 Å². The monoisotopic (exact) mass is 350 g/mol. The van der Waals surface area contributed by atoms with Crippen molar-refractivity contribution in [3.05, 3.63) is 26.7 Å². The fourth-order valence-electron chi connectivity index (χ4n) is 3.22. The molecule has 2 N–H and O–H groups in total. The number of aryl methyl sites for hydroxylation is 2. The van der Waals surface area contributed by atoms with Crippen LogP contribution >= 0.6 is 0 Å². The number of aromatic nitrogens is 4. The molecule has 7 nitrogen and oxygen atoms in total. The zero-order valence-electron chi connectivity index (χ0n) is 16.0. The van der Waals surface area contributed by atoms with Crippen molar-refractivity contribution in [2.45, 2.75) is 66.0 Å². The molecule has 7 heteroatoms. The third-order valence-electron chi connectivity index (χ3n) is 4.86. The lowest BCUT2D eigenvalue weighted by atomic mass is 10.2. The highest BCUT2D eigenvalue weighted by atomic mass is 16.2. The van der Waals surface area contributed by atoms with Crippen LogP contribution < -0.4 is 16.1 Å². The maximum atomic E-state index is 12.4. The van der Waals surface area contributed by atoms with E-state index in [9.17, 15) is 9.59 Å². The molecular formula is C18H32N5O2+. The summed E-state index contributed by atoms with van der Waals surface area (Å²) < 4.78 is 3.47. The normalized spacial score (nSPS) is 12.8. The van der Waals surface area contributed by atoms with Crippen molar-refractivity contribution in [1.29, 1.82) is 0 Å². The van der Waals surface area contributed by atoms with Gasteiger partial charge in [0, 0.05) is 13.6 Å². The van der Waals surface area contributed by atoms with Gasteiger partial charge in [-0.05, 0) is 19.8 Å². The molecule has 0 aliphatic carbocycles. The number of hydrogen-bond donors (Lipinski definition) is 2. The van der Waals surface area contributed by atoms with Crippen molar-refractivity contribution >= 4 is 11.2 Å². The minimum Gasteiger partial charge on any atom is -0.329 e. The highest BCUT2D eigenvalue weighted by Gasteiger charge is 2.20. The molecule has 0 amide bonds. The number of nitrogens with one attached hydrogen (secondary N) is 2. The zero-order chi connectivity index (χ0) is 18.4. The molecule has 0 aliphatic heterocycles. The van der Waals surface area contributed by atoms with Crippen LogP contribution in [0.5, 0.6) is 0 Å². The highest BCUT2D eigenvalue weighted by molar-refractivity contribution is 5.70. The second-order valence-electron chi connectivity index (χ2n) is 6.76. The predicted octanol–water partition coefficient (Wildman–Crippen LogP) is 0.818. The lowest BCUT2D eigenvalue weighted by Crippen LogP contribution is -3.10. The van der Waals surface area contributed by atoms with Crippen molar-refractivity contribution in [2.24, 2.45) is 7.05 Å². The maximum absolute atomic E-state index is 12.4. The van der Waals surface area contributed by atoms with Crippen LogP contribution in [0.3, 0.4) is 0 Å². The molecule has 0 saturated heterocycles. The van der Waals surface area contributed by atoms with Gasteiger partial charge < -0.3 is 9.47 Å². The summed E-state index contributed by atoms with van der Waals surface area (Å²) in [6, 6.07) is 0. The van der Waals surface area contributed by atoms with E-state index in [1.54, 1.807) is 7.05 Å². The van der Waals surface area contributed by atoms with Crippen LogP contribution in [0.25, 0.3) is 11.2 Å². The first-order valence-electron chi connectivity index (χ1n) is 9.55. The summed E-state index contributed by atoms with van der Waals surface area (Å²) in [5.74, 6) is 0.908. The molecule has 0 aliphatic rings. The Labute approximate surface area is 148 Å². The van der Waals surface area contributed by atoms with Crippen LogP contribution in [0, 0.1) is 0 Å². The van der Waals surface area contributed by atoms with Gasteiger partial charge in [-0.15, -0.1) is 0 Å². The van der Waals surface area contributed by atoms with E-state index in [0.29, 0.717) is 11.2 Å². The summed E-state index contributed by atoms with van der Waals surface area (Å²) in [7, 11) is 1.66. The molecule has 0 fully saturated rings. The number of aromatic amines is 1. The van der Waals surface area contributed by atoms with Crippen LogP contribution in [-0.4, -0.2) is 32.2 Å². The molecule has 25 heavy (non-hydrogen) atoms. The van der Waals surface area contributed by atoms with Gasteiger partial charge in [-0.25, -0.2) is 9.78 Å². The molecule has 1 unspecified atom stereocenters. The van der Waals surface area contributed by atoms with Crippen LogP contribution in [-0.2, 0) is 20.1 Å². The number of quaternary nitrogens is 1. The fourth-order valence-corrected chi connectivity index (χ4v) is 3.22. The fraction of sp³-hybridized carbons (Fsp3) is 0.722. The Morgan fingerprint density at radius 2 is 1.80 bits per heavy atom. The Morgan fingerprint density at radius 1 is 1.08 bits per heavy atom. The molecule has 2 aromatic rings. The Balaban J connectivity index is 2.47. The van der Waals surface area contributed by atoms with Gasteiger partial charge in [-0.2, -0.15) is 0 Å². The Bertz CT molecular complexity index is 802. The van der Waals surface area contributed by atoms with E-state index in [4.69, 9.17) is 4.98 Å². The first-order chi connectivity index (χ1) is 12.0. The van der Waals surface area contributed by atoms with E-state index < -0.39 is 5.69 Å². The first kappa shape index (κ1) is 19.4. The van der Waals surface area contributed by atoms with Gasteiger partial charge >= 0.3 is 5.69 Å². The van der Waals surface area contributed by atoms with Crippen LogP contribution in [0.15, 0.2) is 9.59 Å². The van der Waals surface area contributed by atoms with Crippen LogP contribution in [0.2, 0.25) is 0 Å². The van der Waals surface area contributed by atoms with Gasteiger partial charge in [-0.3, -0.25) is 14.3 Å². The molecule has 2 aromatic heterocycles. The Morgan fingerprint density at radius 3 is 2.44 bits per heavy atom. The second kappa shape index (κ2) is 8.99. The first-order valence-corrected chi connectivity index (χ1v) is 9.55. The summed E-state index contributed by atoms with van der Waals surface area (Å²) in [4.78, 5) is 32.9. The molecule has 0 spiro atoms. The minimum atomic E-state index is -0.409. The van der Waals surface area contributed by atoms with Gasteiger partial charge in [-0.1, -0.05) is 33.1 Å². The Kier molecular flexibility index (Phi) is 6.99. The van der Waals surface area contributed by atoms with Gasteiger partial charge in [0.05, 0.1) is 13.1 Å². The van der Waals surface area contributed by atoms with E-state index in [1.165, 1.54) is 22.3 Å². The van der Waals surface area contributed by atoms with Gasteiger partial charge in [0.15, 0.2) is 17.0 Å². The molecule has 2 heterocycles. The lowest BCUT2D eigenvalue weighted by Gasteiger charge is -2.17. The van der Waals surface area contributed by atoms with Gasteiger partial charge in [0.1, 0.15) is 6.54 Å². The number of imidazole rings is 1.